The molecule has 0 aliphatic rings. The average molecular weight is 434 g/mol. The first-order chi connectivity index (χ1) is 15.4. The number of hydrogen-bond acceptors (Lipinski definition) is 3. The number of anilines is 1. The second-order valence-electron chi connectivity index (χ2n) is 7.31. The highest BCUT2D eigenvalue weighted by atomic mass is 19.1. The number of carbonyl (C=O) groups is 2. The summed E-state index contributed by atoms with van der Waals surface area (Å²) in [5.74, 6) is -1.47. The molecule has 0 atom stereocenters. The number of nitrogens with zero attached hydrogens (tertiary/aromatic N) is 1. The van der Waals surface area contributed by atoms with Gasteiger partial charge >= 0.3 is 0 Å². The van der Waals surface area contributed by atoms with E-state index in [2.05, 4.69) is 20.6 Å². The van der Waals surface area contributed by atoms with Crippen molar-refractivity contribution in [1.29, 1.82) is 0 Å². The maximum Gasteiger partial charge on any atom is 0.251 e. The van der Waals surface area contributed by atoms with E-state index in [9.17, 15) is 18.4 Å². The van der Waals surface area contributed by atoms with Gasteiger partial charge in [0.25, 0.3) is 5.91 Å². The predicted molar refractivity (Wildman–Crippen MR) is 118 cm³/mol. The van der Waals surface area contributed by atoms with Crippen molar-refractivity contribution in [3.63, 3.8) is 0 Å². The van der Waals surface area contributed by atoms with Crippen molar-refractivity contribution in [3.8, 4) is 11.4 Å². The second-order valence-corrected chi connectivity index (χ2v) is 7.31. The molecule has 4 aromatic rings. The number of aryl methyl sites for hydroxylation is 1. The fourth-order valence-corrected chi connectivity index (χ4v) is 3.33. The molecule has 162 valence electrons. The van der Waals surface area contributed by atoms with Crippen LogP contribution < -0.4 is 10.6 Å². The summed E-state index contributed by atoms with van der Waals surface area (Å²) in [5, 5.41) is 5.49. The number of fused-ring (bicyclic) bond motifs is 1. The van der Waals surface area contributed by atoms with E-state index in [0.717, 1.165) is 23.8 Å². The summed E-state index contributed by atoms with van der Waals surface area (Å²) < 4.78 is 27.5. The fourth-order valence-electron chi connectivity index (χ4n) is 3.33. The topological polar surface area (TPSA) is 86.9 Å². The van der Waals surface area contributed by atoms with Gasteiger partial charge in [-0.1, -0.05) is 18.2 Å². The van der Waals surface area contributed by atoms with Crippen molar-refractivity contribution >= 4 is 28.5 Å². The lowest BCUT2D eigenvalue weighted by Gasteiger charge is -2.08. The Bertz CT molecular complexity index is 1320. The molecule has 0 saturated heterocycles. The molecule has 0 fully saturated rings. The minimum atomic E-state index is -0.591. The number of H-pyrrole nitrogens is 1. The molecule has 4 rings (SSSR count). The first kappa shape index (κ1) is 21.2. The van der Waals surface area contributed by atoms with Crippen LogP contribution in [0.25, 0.3) is 22.4 Å². The molecule has 2 amide bonds. The third-order valence-corrected chi connectivity index (χ3v) is 4.98. The van der Waals surface area contributed by atoms with Gasteiger partial charge in [-0.2, -0.15) is 0 Å². The number of nitrogens with one attached hydrogen (secondary N) is 3. The molecule has 0 aliphatic heterocycles. The number of aromatic amines is 1. The molecule has 0 saturated carbocycles. The number of benzene rings is 3. The van der Waals surface area contributed by atoms with Crippen molar-refractivity contribution in [3.05, 3.63) is 83.4 Å². The predicted octanol–water partition coefficient (Wildman–Crippen LogP) is 4.58. The molecule has 1 aromatic heterocycles. The van der Waals surface area contributed by atoms with E-state index in [1.807, 2.05) is 19.1 Å². The molecule has 3 N–H and O–H groups in total. The number of amides is 2. The molecule has 3 aromatic carbocycles. The lowest BCUT2D eigenvalue weighted by molar-refractivity contribution is -0.116. The standard InChI is InChI=1S/C24H20F2N4O2/c1-14-4-2-3-5-17(14)24(32)27-11-10-22(31)28-16-7-9-20-21(13-16)30-23(29-20)18-12-15(25)6-8-19(18)26/h2-9,12-13H,10-11H2,1H3,(H,27,32)(H,28,31)(H,29,30). The third-order valence-electron chi connectivity index (χ3n) is 4.98. The Hall–Kier alpha value is -4.07. The zero-order chi connectivity index (χ0) is 22.7. The van der Waals surface area contributed by atoms with Crippen molar-refractivity contribution in [2.75, 3.05) is 11.9 Å². The summed E-state index contributed by atoms with van der Waals surface area (Å²) >= 11 is 0. The fraction of sp³-hybridized carbons (Fsp3) is 0.125. The summed E-state index contributed by atoms with van der Waals surface area (Å²) in [7, 11) is 0. The molecular weight excluding hydrogens is 414 g/mol. The Morgan fingerprint density at radius 1 is 1.03 bits per heavy atom. The van der Waals surface area contributed by atoms with E-state index in [1.54, 1.807) is 30.3 Å². The molecule has 1 heterocycles. The van der Waals surface area contributed by atoms with Crippen LogP contribution in [0.1, 0.15) is 22.3 Å². The largest absolute Gasteiger partial charge is 0.352 e. The van der Waals surface area contributed by atoms with Crippen LogP contribution in [-0.2, 0) is 4.79 Å². The van der Waals surface area contributed by atoms with Crippen molar-refractivity contribution in [2.24, 2.45) is 0 Å². The molecule has 0 bridgehead atoms. The quantitative estimate of drug-likeness (QED) is 0.415. The first-order valence-corrected chi connectivity index (χ1v) is 9.99. The Kier molecular flexibility index (Phi) is 5.93. The van der Waals surface area contributed by atoms with Crippen LogP contribution in [0.3, 0.4) is 0 Å². The number of rotatable bonds is 6. The van der Waals surface area contributed by atoms with Gasteiger partial charge in [0, 0.05) is 24.2 Å². The second kappa shape index (κ2) is 8.97. The van der Waals surface area contributed by atoms with Crippen LogP contribution in [0.15, 0.2) is 60.7 Å². The SMILES string of the molecule is Cc1ccccc1C(=O)NCCC(=O)Nc1ccc2nc(-c3cc(F)ccc3F)[nH]c2c1. The molecule has 0 radical (unpaired) electrons. The normalized spacial score (nSPS) is 10.8. The van der Waals surface area contributed by atoms with Gasteiger partial charge in [-0.25, -0.2) is 13.8 Å². The Labute approximate surface area is 182 Å². The van der Waals surface area contributed by atoms with Gasteiger partial charge in [0.05, 0.1) is 16.6 Å². The van der Waals surface area contributed by atoms with Crippen molar-refractivity contribution in [1.82, 2.24) is 15.3 Å². The maximum absolute atomic E-state index is 14.0. The monoisotopic (exact) mass is 434 g/mol. The van der Waals surface area contributed by atoms with Gasteiger partial charge in [0.2, 0.25) is 5.91 Å². The zero-order valence-corrected chi connectivity index (χ0v) is 17.2. The van der Waals surface area contributed by atoms with Crippen molar-refractivity contribution < 1.29 is 18.4 Å². The summed E-state index contributed by atoms with van der Waals surface area (Å²) in [6, 6.07) is 15.4. The van der Waals surface area contributed by atoms with Crippen LogP contribution in [0, 0.1) is 18.6 Å². The molecule has 0 spiro atoms. The van der Waals surface area contributed by atoms with Gasteiger partial charge in [0.1, 0.15) is 17.5 Å². The lowest BCUT2D eigenvalue weighted by atomic mass is 10.1. The minimum Gasteiger partial charge on any atom is -0.352 e. The smallest absolute Gasteiger partial charge is 0.251 e. The number of carbonyl (C=O) groups excluding carboxylic acids is 2. The minimum absolute atomic E-state index is 0.0242. The van der Waals surface area contributed by atoms with Crippen LogP contribution >= 0.6 is 0 Å². The number of hydrogen-bond donors (Lipinski definition) is 3. The summed E-state index contributed by atoms with van der Waals surface area (Å²) in [4.78, 5) is 31.7. The molecule has 8 heteroatoms. The highest BCUT2D eigenvalue weighted by molar-refractivity contribution is 5.97. The van der Waals surface area contributed by atoms with Crippen LogP contribution in [0.4, 0.5) is 14.5 Å². The van der Waals surface area contributed by atoms with E-state index in [-0.39, 0.29) is 36.2 Å². The van der Waals surface area contributed by atoms with Gasteiger partial charge in [-0.15, -0.1) is 0 Å². The van der Waals surface area contributed by atoms with E-state index in [0.29, 0.717) is 22.3 Å². The van der Waals surface area contributed by atoms with Gasteiger partial charge in [0.15, 0.2) is 0 Å². The summed E-state index contributed by atoms with van der Waals surface area (Å²) in [5.41, 5.74) is 3.09. The van der Waals surface area contributed by atoms with E-state index in [1.165, 1.54) is 0 Å². The highest BCUT2D eigenvalue weighted by Crippen LogP contribution is 2.25. The molecule has 0 aliphatic carbocycles. The maximum atomic E-state index is 14.0. The average Bonchev–Trinajstić information content (AvgIpc) is 3.19. The Balaban J connectivity index is 1.38. The van der Waals surface area contributed by atoms with Gasteiger partial charge < -0.3 is 15.6 Å². The Morgan fingerprint density at radius 3 is 2.66 bits per heavy atom. The molecule has 32 heavy (non-hydrogen) atoms. The van der Waals surface area contributed by atoms with E-state index < -0.39 is 11.6 Å². The molecule has 0 unspecified atom stereocenters. The number of imidazole rings is 1. The summed E-state index contributed by atoms with van der Waals surface area (Å²) in [6.07, 6.45) is 0.0956. The van der Waals surface area contributed by atoms with Gasteiger partial charge in [-0.05, 0) is 55.0 Å². The zero-order valence-electron chi connectivity index (χ0n) is 17.2. The highest BCUT2D eigenvalue weighted by Gasteiger charge is 2.13. The summed E-state index contributed by atoms with van der Waals surface area (Å²) in [6.45, 7) is 2.04. The molecule has 6 nitrogen and oxygen atoms in total. The van der Waals surface area contributed by atoms with Gasteiger partial charge in [-0.3, -0.25) is 9.59 Å². The number of halogens is 2. The van der Waals surface area contributed by atoms with Crippen LogP contribution in [0.5, 0.6) is 0 Å². The lowest BCUT2D eigenvalue weighted by Crippen LogP contribution is -2.28. The Morgan fingerprint density at radius 2 is 1.84 bits per heavy atom. The van der Waals surface area contributed by atoms with Crippen LogP contribution in [0.2, 0.25) is 0 Å². The number of aromatic nitrogens is 2. The molecular formula is C24H20F2N4O2. The third kappa shape index (κ3) is 4.64. The van der Waals surface area contributed by atoms with E-state index in [4.69, 9.17) is 0 Å². The first-order valence-electron chi connectivity index (χ1n) is 9.99. The van der Waals surface area contributed by atoms with Crippen LogP contribution in [-0.4, -0.2) is 28.3 Å². The van der Waals surface area contributed by atoms with Crippen molar-refractivity contribution in [2.45, 2.75) is 13.3 Å². The van der Waals surface area contributed by atoms with E-state index >= 15 is 0 Å².